The molecule has 9 nitrogen and oxygen atoms in total. The molecule has 0 spiro atoms. The van der Waals surface area contributed by atoms with Crippen LogP contribution in [-0.4, -0.2) is 87.5 Å². The van der Waals surface area contributed by atoms with Gasteiger partial charge in [-0.3, -0.25) is 4.79 Å². The lowest BCUT2D eigenvalue weighted by molar-refractivity contribution is -0.302. The molecule has 0 radical (unpaired) electrons. The molecule has 0 aromatic carbocycles. The average Bonchev–Trinajstić information content (AvgIpc) is 3.34. The molecule has 396 valence electrons. The molecule has 0 bridgehead atoms. The van der Waals surface area contributed by atoms with Crippen LogP contribution in [0.3, 0.4) is 0 Å². The highest BCUT2D eigenvalue weighted by Crippen LogP contribution is 2.23. The van der Waals surface area contributed by atoms with Gasteiger partial charge in [-0.05, 0) is 51.4 Å². The number of carbonyl (C=O) groups excluding carboxylic acids is 1. The van der Waals surface area contributed by atoms with Crippen molar-refractivity contribution in [2.75, 3.05) is 13.2 Å². The minimum atomic E-state index is -1.57. The van der Waals surface area contributed by atoms with Gasteiger partial charge in [0, 0.05) is 6.42 Å². The van der Waals surface area contributed by atoms with Crippen molar-refractivity contribution in [3.8, 4) is 0 Å². The second-order valence-electron chi connectivity index (χ2n) is 19.7. The zero-order valence-electron chi connectivity index (χ0n) is 43.9. The number of rotatable bonds is 48. The van der Waals surface area contributed by atoms with Crippen LogP contribution in [0.4, 0.5) is 0 Å². The summed E-state index contributed by atoms with van der Waals surface area (Å²) >= 11 is 0. The van der Waals surface area contributed by atoms with E-state index < -0.39 is 49.5 Å². The molecule has 7 unspecified atom stereocenters. The highest BCUT2D eigenvalue weighted by molar-refractivity contribution is 5.76. The Morgan fingerprint density at radius 1 is 0.515 bits per heavy atom. The maximum atomic E-state index is 13.0. The Hall–Kier alpha value is -2.11. The van der Waals surface area contributed by atoms with Gasteiger partial charge in [0.1, 0.15) is 24.4 Å². The van der Waals surface area contributed by atoms with E-state index >= 15 is 0 Å². The first kappa shape index (κ1) is 63.9. The van der Waals surface area contributed by atoms with Crippen LogP contribution in [0.25, 0.3) is 0 Å². The molecule has 0 saturated carbocycles. The lowest BCUT2D eigenvalue weighted by Gasteiger charge is -2.40. The van der Waals surface area contributed by atoms with Crippen LogP contribution >= 0.6 is 0 Å². The van der Waals surface area contributed by atoms with Crippen molar-refractivity contribution in [1.82, 2.24) is 5.32 Å². The predicted octanol–water partition coefficient (Wildman–Crippen LogP) is 13.9. The van der Waals surface area contributed by atoms with Crippen molar-refractivity contribution >= 4 is 5.91 Å². The van der Waals surface area contributed by atoms with Gasteiger partial charge in [0.15, 0.2) is 6.29 Å². The number of nitrogens with one attached hydrogen (secondary N) is 1. The van der Waals surface area contributed by atoms with E-state index in [1.54, 1.807) is 0 Å². The summed E-state index contributed by atoms with van der Waals surface area (Å²) in [6.07, 6.45) is 58.4. The van der Waals surface area contributed by atoms with Gasteiger partial charge in [0.25, 0.3) is 0 Å². The molecule has 1 heterocycles. The Labute approximate surface area is 417 Å². The molecule has 0 aromatic rings. The Morgan fingerprint density at radius 2 is 0.897 bits per heavy atom. The number of hydrogen-bond acceptors (Lipinski definition) is 8. The first-order chi connectivity index (χ1) is 33.3. The van der Waals surface area contributed by atoms with Crippen LogP contribution in [0.15, 0.2) is 60.8 Å². The van der Waals surface area contributed by atoms with Gasteiger partial charge in [-0.1, -0.05) is 254 Å². The molecular formula is C59H107NO8. The normalized spacial score (nSPS) is 20.0. The molecule has 0 aliphatic carbocycles. The summed E-state index contributed by atoms with van der Waals surface area (Å²) in [5.41, 5.74) is 0. The van der Waals surface area contributed by atoms with Crippen LogP contribution in [-0.2, 0) is 14.3 Å². The molecule has 68 heavy (non-hydrogen) atoms. The monoisotopic (exact) mass is 958 g/mol. The summed E-state index contributed by atoms with van der Waals surface area (Å²) in [4.78, 5) is 13.0. The minimum absolute atomic E-state index is 0.163. The van der Waals surface area contributed by atoms with Gasteiger partial charge in [-0.25, -0.2) is 0 Å². The van der Waals surface area contributed by atoms with E-state index in [1.165, 1.54) is 161 Å². The van der Waals surface area contributed by atoms with Crippen LogP contribution in [0.1, 0.15) is 251 Å². The number of aliphatic hydroxyl groups excluding tert-OH is 5. The fraction of sp³-hybridized carbons (Fsp3) is 0.814. The molecule has 9 heteroatoms. The Morgan fingerprint density at radius 3 is 1.29 bits per heavy atom. The molecule has 1 rings (SSSR count). The molecule has 7 atom stereocenters. The molecule has 0 aromatic heterocycles. The van der Waals surface area contributed by atoms with E-state index in [1.807, 2.05) is 0 Å². The summed E-state index contributed by atoms with van der Waals surface area (Å²) in [6.45, 7) is 3.71. The van der Waals surface area contributed by atoms with E-state index in [2.05, 4.69) is 79.9 Å². The van der Waals surface area contributed by atoms with Crippen molar-refractivity contribution < 1.29 is 39.8 Å². The van der Waals surface area contributed by atoms with E-state index in [-0.39, 0.29) is 18.9 Å². The number of unbranched alkanes of at least 4 members (excludes halogenated alkanes) is 28. The SMILES string of the molecule is CC/C=C\C/C=C\C/C=C\C/C=C\C/C=C\CCCC(=O)NC(COC1OC(CO)C(O)C(O)C1O)C(O)CCCCCCCCCCCCCCCCCCCCCCCCCCCCCC. The fourth-order valence-electron chi connectivity index (χ4n) is 8.90. The third-order valence-electron chi connectivity index (χ3n) is 13.4. The molecule has 6 N–H and O–H groups in total. The topological polar surface area (TPSA) is 149 Å². The second-order valence-corrected chi connectivity index (χ2v) is 19.7. The van der Waals surface area contributed by atoms with E-state index in [0.717, 1.165) is 57.8 Å². The third-order valence-corrected chi connectivity index (χ3v) is 13.4. The highest BCUT2D eigenvalue weighted by atomic mass is 16.7. The lowest BCUT2D eigenvalue weighted by atomic mass is 9.99. The van der Waals surface area contributed by atoms with Crippen LogP contribution in [0, 0.1) is 0 Å². The van der Waals surface area contributed by atoms with Gasteiger partial charge < -0.3 is 40.3 Å². The third kappa shape index (κ3) is 37.7. The molecule has 1 aliphatic heterocycles. The smallest absolute Gasteiger partial charge is 0.220 e. The summed E-state index contributed by atoms with van der Waals surface area (Å²) in [7, 11) is 0. The summed E-state index contributed by atoms with van der Waals surface area (Å²) in [6, 6.07) is -0.752. The fourth-order valence-corrected chi connectivity index (χ4v) is 8.90. The van der Waals surface area contributed by atoms with Crippen LogP contribution in [0.5, 0.6) is 0 Å². The van der Waals surface area contributed by atoms with Crippen molar-refractivity contribution in [1.29, 1.82) is 0 Å². The zero-order chi connectivity index (χ0) is 49.4. The Kier molecular flexibility index (Phi) is 45.6. The number of ether oxygens (including phenoxy) is 2. The largest absolute Gasteiger partial charge is 0.394 e. The Balaban J connectivity index is 2.21. The van der Waals surface area contributed by atoms with Gasteiger partial charge >= 0.3 is 0 Å². The quantitative estimate of drug-likeness (QED) is 0.0261. The average molecular weight is 959 g/mol. The highest BCUT2D eigenvalue weighted by Gasteiger charge is 2.44. The van der Waals surface area contributed by atoms with E-state index in [4.69, 9.17) is 9.47 Å². The maximum Gasteiger partial charge on any atom is 0.220 e. The minimum Gasteiger partial charge on any atom is -0.394 e. The number of aliphatic hydroxyl groups is 5. The van der Waals surface area contributed by atoms with Gasteiger partial charge in [0.2, 0.25) is 5.91 Å². The van der Waals surface area contributed by atoms with Gasteiger partial charge in [0.05, 0.1) is 25.4 Å². The zero-order valence-corrected chi connectivity index (χ0v) is 43.9. The number of carbonyl (C=O) groups is 1. The van der Waals surface area contributed by atoms with Crippen molar-refractivity contribution in [2.45, 2.75) is 294 Å². The van der Waals surface area contributed by atoms with Crippen LogP contribution < -0.4 is 5.32 Å². The molecule has 1 amide bonds. The first-order valence-corrected chi connectivity index (χ1v) is 28.5. The van der Waals surface area contributed by atoms with Crippen molar-refractivity contribution in [3.05, 3.63) is 60.8 Å². The van der Waals surface area contributed by atoms with Gasteiger partial charge in [-0.15, -0.1) is 0 Å². The van der Waals surface area contributed by atoms with E-state index in [9.17, 15) is 30.3 Å². The van der Waals surface area contributed by atoms with Gasteiger partial charge in [-0.2, -0.15) is 0 Å². The standard InChI is InChI=1S/C59H107NO8/c1-3-5-7-9-11-13-15-17-19-21-22-23-24-25-26-27-28-29-30-31-33-34-36-38-40-42-44-46-48-53(62)52(51-67-59-58(66)57(65)56(64)54(50-61)68-59)60-55(63)49-47-45-43-41-39-37-35-32-20-18-16-14-12-10-8-6-4-2/h6,8,12,14,18,20,35,37,41,43,52-54,56-59,61-62,64-66H,3-5,7,9-11,13,15-17,19,21-34,36,38-40,42,44-51H2,1-2H3,(H,60,63)/b8-6-,14-12-,20-18-,37-35-,43-41-. The van der Waals surface area contributed by atoms with Crippen molar-refractivity contribution in [3.63, 3.8) is 0 Å². The number of hydrogen-bond donors (Lipinski definition) is 6. The summed E-state index contributed by atoms with van der Waals surface area (Å²) in [5.74, 6) is -0.200. The van der Waals surface area contributed by atoms with Crippen LogP contribution in [0.2, 0.25) is 0 Å². The first-order valence-electron chi connectivity index (χ1n) is 28.5. The molecule has 1 aliphatic rings. The molecule has 1 fully saturated rings. The number of allylic oxidation sites excluding steroid dienone is 10. The second kappa shape index (κ2) is 48.5. The maximum absolute atomic E-state index is 13.0. The Bertz CT molecular complexity index is 1250. The predicted molar refractivity (Wildman–Crippen MR) is 286 cm³/mol. The number of amides is 1. The molecular weight excluding hydrogens is 851 g/mol. The lowest BCUT2D eigenvalue weighted by Crippen LogP contribution is -2.60. The molecule has 1 saturated heterocycles. The summed E-state index contributed by atoms with van der Waals surface area (Å²) in [5, 5.41) is 54.6. The van der Waals surface area contributed by atoms with E-state index in [0.29, 0.717) is 12.8 Å². The van der Waals surface area contributed by atoms with Crippen molar-refractivity contribution in [2.24, 2.45) is 0 Å². The summed E-state index contributed by atoms with van der Waals surface area (Å²) < 4.78 is 11.3.